The van der Waals surface area contributed by atoms with Crippen LogP contribution in [-0.2, 0) is 11.3 Å². The second-order valence-electron chi connectivity index (χ2n) is 4.29. The van der Waals surface area contributed by atoms with Crippen molar-refractivity contribution in [2.75, 3.05) is 33.5 Å². The molecule has 0 heterocycles. The van der Waals surface area contributed by atoms with Crippen LogP contribution in [0.3, 0.4) is 0 Å². The van der Waals surface area contributed by atoms with Gasteiger partial charge in [0.2, 0.25) is 0 Å². The SMILES string of the molecule is CCOc1cc(CNCCCOC)cc(Cl)c1OCC. The molecule has 0 aliphatic rings. The van der Waals surface area contributed by atoms with Gasteiger partial charge in [0.05, 0.1) is 18.2 Å². The molecule has 0 bridgehead atoms. The van der Waals surface area contributed by atoms with Crippen LogP contribution in [0.15, 0.2) is 12.1 Å². The first-order valence-electron chi connectivity index (χ1n) is 7.00. The summed E-state index contributed by atoms with van der Waals surface area (Å²) < 4.78 is 16.1. The molecule has 0 saturated carbocycles. The monoisotopic (exact) mass is 301 g/mol. The van der Waals surface area contributed by atoms with Crippen molar-refractivity contribution in [2.45, 2.75) is 26.8 Å². The van der Waals surface area contributed by atoms with Gasteiger partial charge in [0.25, 0.3) is 0 Å². The molecule has 114 valence electrons. The lowest BCUT2D eigenvalue weighted by atomic mass is 10.2. The smallest absolute Gasteiger partial charge is 0.179 e. The molecular formula is C15H24ClNO3. The second kappa shape index (κ2) is 9.86. The average molecular weight is 302 g/mol. The molecule has 0 atom stereocenters. The molecule has 4 nitrogen and oxygen atoms in total. The third-order valence-electron chi connectivity index (χ3n) is 2.69. The van der Waals surface area contributed by atoms with Crippen LogP contribution >= 0.6 is 11.6 Å². The van der Waals surface area contributed by atoms with E-state index in [9.17, 15) is 0 Å². The fourth-order valence-corrected chi connectivity index (χ4v) is 2.13. The number of hydrogen-bond donors (Lipinski definition) is 1. The number of nitrogens with one attached hydrogen (secondary N) is 1. The maximum Gasteiger partial charge on any atom is 0.179 e. The standard InChI is InChI=1S/C15H24ClNO3/c1-4-19-14-10-12(11-17-7-6-8-18-3)9-13(16)15(14)20-5-2/h9-10,17H,4-8,11H2,1-3H3. The highest BCUT2D eigenvalue weighted by Crippen LogP contribution is 2.36. The molecule has 0 amide bonds. The van der Waals surface area contributed by atoms with Crippen molar-refractivity contribution < 1.29 is 14.2 Å². The van der Waals surface area contributed by atoms with Gasteiger partial charge < -0.3 is 19.5 Å². The van der Waals surface area contributed by atoms with Crippen molar-refractivity contribution in [3.8, 4) is 11.5 Å². The predicted octanol–water partition coefficient (Wildman–Crippen LogP) is 3.26. The largest absolute Gasteiger partial charge is 0.490 e. The Morgan fingerprint density at radius 1 is 1.15 bits per heavy atom. The summed E-state index contributed by atoms with van der Waals surface area (Å²) in [6.45, 7) is 7.44. The van der Waals surface area contributed by atoms with E-state index in [1.54, 1.807) is 7.11 Å². The highest BCUT2D eigenvalue weighted by molar-refractivity contribution is 6.32. The van der Waals surface area contributed by atoms with Gasteiger partial charge in [0.1, 0.15) is 0 Å². The van der Waals surface area contributed by atoms with E-state index in [0.717, 1.165) is 31.7 Å². The maximum atomic E-state index is 6.26. The van der Waals surface area contributed by atoms with Crippen LogP contribution in [0.25, 0.3) is 0 Å². The van der Waals surface area contributed by atoms with Crippen molar-refractivity contribution in [2.24, 2.45) is 0 Å². The quantitative estimate of drug-likeness (QED) is 0.673. The molecular weight excluding hydrogens is 278 g/mol. The van der Waals surface area contributed by atoms with Crippen LogP contribution in [0, 0.1) is 0 Å². The summed E-state index contributed by atoms with van der Waals surface area (Å²) in [6, 6.07) is 3.89. The van der Waals surface area contributed by atoms with Gasteiger partial charge in [-0.05, 0) is 44.5 Å². The molecule has 0 spiro atoms. The molecule has 1 aromatic rings. The Balaban J connectivity index is 2.67. The van der Waals surface area contributed by atoms with Crippen LogP contribution in [0.2, 0.25) is 5.02 Å². The number of methoxy groups -OCH3 is 1. The van der Waals surface area contributed by atoms with Gasteiger partial charge in [-0.3, -0.25) is 0 Å². The molecule has 1 N–H and O–H groups in total. The third kappa shape index (κ3) is 5.57. The summed E-state index contributed by atoms with van der Waals surface area (Å²) in [6.07, 6.45) is 0.986. The molecule has 0 fully saturated rings. The van der Waals surface area contributed by atoms with E-state index in [4.69, 9.17) is 25.8 Å². The predicted molar refractivity (Wildman–Crippen MR) is 82.0 cm³/mol. The molecule has 0 aliphatic carbocycles. The van der Waals surface area contributed by atoms with Gasteiger partial charge in [0.15, 0.2) is 11.5 Å². The summed E-state index contributed by atoms with van der Waals surface area (Å²) in [5.74, 6) is 1.33. The molecule has 0 saturated heterocycles. The second-order valence-corrected chi connectivity index (χ2v) is 4.70. The van der Waals surface area contributed by atoms with Crippen LogP contribution in [-0.4, -0.2) is 33.5 Å². The topological polar surface area (TPSA) is 39.7 Å². The van der Waals surface area contributed by atoms with Crippen LogP contribution in [0.5, 0.6) is 11.5 Å². The van der Waals surface area contributed by atoms with Gasteiger partial charge in [-0.25, -0.2) is 0 Å². The summed E-state index contributed by atoms with van der Waals surface area (Å²) in [5, 5.41) is 3.94. The summed E-state index contributed by atoms with van der Waals surface area (Å²) >= 11 is 6.26. The zero-order valence-electron chi connectivity index (χ0n) is 12.5. The lowest BCUT2D eigenvalue weighted by Crippen LogP contribution is -2.16. The minimum atomic E-state index is 0.564. The zero-order chi connectivity index (χ0) is 14.8. The number of halogens is 1. The summed E-state index contributed by atoms with van der Waals surface area (Å²) in [4.78, 5) is 0. The van der Waals surface area contributed by atoms with E-state index in [0.29, 0.717) is 29.7 Å². The minimum Gasteiger partial charge on any atom is -0.490 e. The Morgan fingerprint density at radius 2 is 1.90 bits per heavy atom. The molecule has 1 aromatic carbocycles. The minimum absolute atomic E-state index is 0.564. The van der Waals surface area contributed by atoms with E-state index in [1.807, 2.05) is 26.0 Å². The van der Waals surface area contributed by atoms with E-state index >= 15 is 0 Å². The van der Waals surface area contributed by atoms with E-state index < -0.39 is 0 Å². The number of rotatable bonds is 10. The first-order chi connectivity index (χ1) is 9.72. The Hall–Kier alpha value is -0.970. The molecule has 0 aliphatic heterocycles. The molecule has 20 heavy (non-hydrogen) atoms. The van der Waals surface area contributed by atoms with Gasteiger partial charge in [0, 0.05) is 20.3 Å². The highest BCUT2D eigenvalue weighted by atomic mass is 35.5. The fraction of sp³-hybridized carbons (Fsp3) is 0.600. The Labute approximate surface area is 126 Å². The molecule has 1 rings (SSSR count). The Kier molecular flexibility index (Phi) is 8.42. The van der Waals surface area contributed by atoms with Crippen molar-refractivity contribution in [3.05, 3.63) is 22.7 Å². The van der Waals surface area contributed by atoms with Crippen LogP contribution < -0.4 is 14.8 Å². The fourth-order valence-electron chi connectivity index (χ4n) is 1.85. The van der Waals surface area contributed by atoms with Gasteiger partial charge in [-0.2, -0.15) is 0 Å². The maximum absolute atomic E-state index is 6.26. The molecule has 5 heteroatoms. The van der Waals surface area contributed by atoms with Gasteiger partial charge >= 0.3 is 0 Å². The van der Waals surface area contributed by atoms with Crippen LogP contribution in [0.1, 0.15) is 25.8 Å². The zero-order valence-corrected chi connectivity index (χ0v) is 13.3. The summed E-state index contributed by atoms with van der Waals surface area (Å²) in [7, 11) is 1.71. The molecule has 0 radical (unpaired) electrons. The summed E-state index contributed by atoms with van der Waals surface area (Å²) in [5.41, 5.74) is 1.08. The van der Waals surface area contributed by atoms with E-state index in [2.05, 4.69) is 5.32 Å². The number of ether oxygens (including phenoxy) is 3. The lowest BCUT2D eigenvalue weighted by Gasteiger charge is -2.14. The van der Waals surface area contributed by atoms with Crippen molar-refractivity contribution in [1.29, 1.82) is 0 Å². The van der Waals surface area contributed by atoms with E-state index in [-0.39, 0.29) is 0 Å². The van der Waals surface area contributed by atoms with Crippen LogP contribution in [0.4, 0.5) is 0 Å². The third-order valence-corrected chi connectivity index (χ3v) is 2.97. The van der Waals surface area contributed by atoms with Crippen molar-refractivity contribution in [1.82, 2.24) is 5.32 Å². The highest BCUT2D eigenvalue weighted by Gasteiger charge is 2.11. The van der Waals surface area contributed by atoms with Gasteiger partial charge in [-0.15, -0.1) is 0 Å². The first kappa shape index (κ1) is 17.1. The van der Waals surface area contributed by atoms with Crippen molar-refractivity contribution >= 4 is 11.6 Å². The lowest BCUT2D eigenvalue weighted by molar-refractivity contribution is 0.194. The van der Waals surface area contributed by atoms with Crippen molar-refractivity contribution in [3.63, 3.8) is 0 Å². The normalized spacial score (nSPS) is 10.6. The van der Waals surface area contributed by atoms with Gasteiger partial charge in [-0.1, -0.05) is 11.6 Å². The number of benzene rings is 1. The Bertz CT molecular complexity index is 399. The average Bonchev–Trinajstić information content (AvgIpc) is 2.43. The molecule has 0 aromatic heterocycles. The number of hydrogen-bond acceptors (Lipinski definition) is 4. The van der Waals surface area contributed by atoms with E-state index in [1.165, 1.54) is 0 Å². The Morgan fingerprint density at radius 3 is 2.55 bits per heavy atom. The first-order valence-corrected chi connectivity index (χ1v) is 7.38. The molecule has 0 unspecified atom stereocenters.